The van der Waals surface area contributed by atoms with Gasteiger partial charge in [0.05, 0.1) is 23.3 Å². The first-order valence-corrected chi connectivity index (χ1v) is 9.61. The molecule has 150 valence electrons. The van der Waals surface area contributed by atoms with Gasteiger partial charge in [-0.2, -0.15) is 0 Å². The molecule has 1 amide bonds. The molecule has 0 atom stereocenters. The van der Waals surface area contributed by atoms with Crippen LogP contribution in [0.25, 0.3) is 10.9 Å². The summed E-state index contributed by atoms with van der Waals surface area (Å²) in [5, 5.41) is 3.91. The van der Waals surface area contributed by atoms with Crippen LogP contribution >= 0.6 is 11.6 Å². The summed E-state index contributed by atoms with van der Waals surface area (Å²) in [6.07, 6.45) is 1.57. The third-order valence-electron chi connectivity index (χ3n) is 4.68. The van der Waals surface area contributed by atoms with Crippen molar-refractivity contribution >= 4 is 34.1 Å². The minimum Gasteiger partial charge on any atom is -0.321 e. The van der Waals surface area contributed by atoms with Crippen molar-refractivity contribution in [3.8, 4) is 0 Å². The number of carbonyl (C=O) groups is 1. The molecule has 0 aliphatic heterocycles. The Hall–Kier alpha value is -3.51. The average molecular weight is 422 g/mol. The van der Waals surface area contributed by atoms with Gasteiger partial charge in [0.15, 0.2) is 0 Å². The maximum absolute atomic E-state index is 13.6. The highest BCUT2D eigenvalue weighted by atomic mass is 35.5. The molecule has 2 aromatic heterocycles. The molecule has 0 radical (unpaired) electrons. The van der Waals surface area contributed by atoms with Crippen molar-refractivity contribution in [3.05, 3.63) is 105 Å². The van der Waals surface area contributed by atoms with Crippen LogP contribution in [0.5, 0.6) is 0 Å². The zero-order valence-electron chi connectivity index (χ0n) is 16.0. The highest BCUT2D eigenvalue weighted by Crippen LogP contribution is 2.21. The van der Waals surface area contributed by atoms with Crippen LogP contribution in [0.3, 0.4) is 0 Å². The van der Waals surface area contributed by atoms with E-state index in [1.54, 1.807) is 31.3 Å². The summed E-state index contributed by atoms with van der Waals surface area (Å²) in [4.78, 5) is 29.5. The molecular formula is C23H17ClFN3O2. The SMILES string of the molecule is Cc1cc(C(=O)Nc2ccc(=O)n(Cc3ccccc3Cl)c2)c2ccc(F)cc2n1. The van der Waals surface area contributed by atoms with Crippen LogP contribution in [-0.2, 0) is 6.54 Å². The van der Waals surface area contributed by atoms with Crippen molar-refractivity contribution in [2.45, 2.75) is 13.5 Å². The van der Waals surface area contributed by atoms with Gasteiger partial charge in [-0.3, -0.25) is 14.6 Å². The predicted molar refractivity (Wildman–Crippen MR) is 116 cm³/mol. The number of aryl methyl sites for hydroxylation is 1. The number of nitrogens with one attached hydrogen (secondary N) is 1. The number of carbonyl (C=O) groups excluding carboxylic acids is 1. The molecule has 2 heterocycles. The molecule has 4 aromatic rings. The van der Waals surface area contributed by atoms with E-state index in [0.29, 0.717) is 32.9 Å². The Balaban J connectivity index is 1.65. The molecule has 2 aromatic carbocycles. The zero-order valence-corrected chi connectivity index (χ0v) is 16.8. The lowest BCUT2D eigenvalue weighted by atomic mass is 10.1. The second-order valence-electron chi connectivity index (χ2n) is 6.90. The minimum absolute atomic E-state index is 0.214. The second kappa shape index (κ2) is 8.08. The third kappa shape index (κ3) is 4.09. The Morgan fingerprint density at radius 1 is 1.13 bits per heavy atom. The molecule has 0 unspecified atom stereocenters. The maximum Gasteiger partial charge on any atom is 0.256 e. The van der Waals surface area contributed by atoms with Gasteiger partial charge in [0.1, 0.15) is 5.82 Å². The topological polar surface area (TPSA) is 64.0 Å². The Kier molecular flexibility index (Phi) is 5.33. The summed E-state index contributed by atoms with van der Waals surface area (Å²) in [6.45, 7) is 2.02. The van der Waals surface area contributed by atoms with Gasteiger partial charge >= 0.3 is 0 Å². The Bertz CT molecular complexity index is 1330. The number of halogens is 2. The zero-order chi connectivity index (χ0) is 21.3. The quantitative estimate of drug-likeness (QED) is 0.515. The number of hydrogen-bond donors (Lipinski definition) is 1. The summed E-state index contributed by atoms with van der Waals surface area (Å²) in [7, 11) is 0. The lowest BCUT2D eigenvalue weighted by Gasteiger charge is -2.12. The fourth-order valence-corrected chi connectivity index (χ4v) is 3.45. The number of amides is 1. The first kappa shape index (κ1) is 19.8. The molecule has 0 aliphatic rings. The largest absolute Gasteiger partial charge is 0.321 e. The van der Waals surface area contributed by atoms with Gasteiger partial charge < -0.3 is 9.88 Å². The maximum atomic E-state index is 13.6. The van der Waals surface area contributed by atoms with Crippen LogP contribution in [0.4, 0.5) is 10.1 Å². The summed E-state index contributed by atoms with van der Waals surface area (Å²) in [6, 6.07) is 16.0. The van der Waals surface area contributed by atoms with Crippen LogP contribution in [0.15, 0.2) is 71.7 Å². The molecule has 0 aliphatic carbocycles. The van der Waals surface area contributed by atoms with Gasteiger partial charge in [-0.05, 0) is 42.8 Å². The molecule has 5 nitrogen and oxygen atoms in total. The number of nitrogens with zero attached hydrogens (tertiary/aromatic N) is 2. The minimum atomic E-state index is -0.418. The van der Waals surface area contributed by atoms with Crippen molar-refractivity contribution < 1.29 is 9.18 Å². The summed E-state index contributed by atoms with van der Waals surface area (Å²) in [5.41, 5.74) is 2.42. The molecule has 4 rings (SSSR count). The van der Waals surface area contributed by atoms with Crippen LogP contribution in [0.2, 0.25) is 5.02 Å². The third-order valence-corrected chi connectivity index (χ3v) is 5.05. The normalized spacial score (nSPS) is 10.9. The van der Waals surface area contributed by atoms with E-state index in [9.17, 15) is 14.0 Å². The number of aromatic nitrogens is 2. The Labute approximate surface area is 176 Å². The van der Waals surface area contributed by atoms with Gasteiger partial charge in [0.2, 0.25) is 0 Å². The van der Waals surface area contributed by atoms with Crippen LogP contribution in [0, 0.1) is 12.7 Å². The standard InChI is InChI=1S/C23H17ClFN3O2/c1-14-10-19(18-8-6-16(25)11-21(18)26-14)23(30)27-17-7-9-22(29)28(13-17)12-15-4-2-3-5-20(15)24/h2-11,13H,12H2,1H3,(H,27,30). The van der Waals surface area contributed by atoms with Crippen molar-refractivity contribution in [1.82, 2.24) is 9.55 Å². The molecule has 0 fully saturated rings. The smallest absolute Gasteiger partial charge is 0.256 e. The Morgan fingerprint density at radius 3 is 2.73 bits per heavy atom. The predicted octanol–water partition coefficient (Wildman–Crippen LogP) is 4.80. The van der Waals surface area contributed by atoms with Gasteiger partial charge in [-0.15, -0.1) is 0 Å². The van der Waals surface area contributed by atoms with E-state index in [-0.39, 0.29) is 18.0 Å². The number of anilines is 1. The van der Waals surface area contributed by atoms with Crippen molar-refractivity contribution in [2.75, 3.05) is 5.32 Å². The lowest BCUT2D eigenvalue weighted by molar-refractivity contribution is 0.102. The van der Waals surface area contributed by atoms with E-state index in [2.05, 4.69) is 10.3 Å². The first-order chi connectivity index (χ1) is 14.4. The van der Waals surface area contributed by atoms with Crippen LogP contribution < -0.4 is 10.9 Å². The van der Waals surface area contributed by atoms with E-state index < -0.39 is 5.82 Å². The van der Waals surface area contributed by atoms with Gasteiger partial charge in [0, 0.05) is 34.4 Å². The van der Waals surface area contributed by atoms with E-state index in [0.717, 1.165) is 5.56 Å². The summed E-state index contributed by atoms with van der Waals surface area (Å²) >= 11 is 6.19. The van der Waals surface area contributed by atoms with Crippen molar-refractivity contribution in [1.29, 1.82) is 0 Å². The van der Waals surface area contributed by atoms with Crippen molar-refractivity contribution in [3.63, 3.8) is 0 Å². The number of benzene rings is 2. The lowest BCUT2D eigenvalue weighted by Crippen LogP contribution is -2.21. The van der Waals surface area contributed by atoms with E-state index in [1.807, 2.05) is 18.2 Å². The molecule has 0 saturated carbocycles. The van der Waals surface area contributed by atoms with Gasteiger partial charge in [0.25, 0.3) is 11.5 Å². The number of rotatable bonds is 4. The van der Waals surface area contributed by atoms with E-state index in [1.165, 1.54) is 28.8 Å². The summed E-state index contributed by atoms with van der Waals surface area (Å²) in [5.74, 6) is -0.793. The number of hydrogen-bond acceptors (Lipinski definition) is 3. The fraction of sp³-hybridized carbons (Fsp3) is 0.0870. The van der Waals surface area contributed by atoms with Crippen LogP contribution in [-0.4, -0.2) is 15.5 Å². The second-order valence-corrected chi connectivity index (χ2v) is 7.31. The first-order valence-electron chi connectivity index (χ1n) is 9.23. The molecule has 7 heteroatoms. The number of pyridine rings is 2. The highest BCUT2D eigenvalue weighted by Gasteiger charge is 2.14. The Morgan fingerprint density at radius 2 is 1.93 bits per heavy atom. The van der Waals surface area contributed by atoms with Gasteiger partial charge in [-0.25, -0.2) is 4.39 Å². The molecular weight excluding hydrogens is 405 g/mol. The van der Waals surface area contributed by atoms with Crippen LogP contribution in [0.1, 0.15) is 21.6 Å². The molecule has 1 N–H and O–H groups in total. The molecule has 30 heavy (non-hydrogen) atoms. The van der Waals surface area contributed by atoms with E-state index >= 15 is 0 Å². The highest BCUT2D eigenvalue weighted by molar-refractivity contribution is 6.31. The molecule has 0 bridgehead atoms. The summed E-state index contributed by atoms with van der Waals surface area (Å²) < 4.78 is 15.0. The average Bonchev–Trinajstić information content (AvgIpc) is 2.71. The monoisotopic (exact) mass is 421 g/mol. The molecule has 0 saturated heterocycles. The molecule has 0 spiro atoms. The fourth-order valence-electron chi connectivity index (χ4n) is 3.26. The van der Waals surface area contributed by atoms with Gasteiger partial charge in [-0.1, -0.05) is 29.8 Å². The number of fused-ring (bicyclic) bond motifs is 1. The van der Waals surface area contributed by atoms with Crippen molar-refractivity contribution in [2.24, 2.45) is 0 Å². The van der Waals surface area contributed by atoms with E-state index in [4.69, 9.17) is 11.6 Å².